The van der Waals surface area contributed by atoms with Gasteiger partial charge in [-0.15, -0.1) is 0 Å². The summed E-state index contributed by atoms with van der Waals surface area (Å²) in [6.07, 6.45) is 6.70. The first kappa shape index (κ1) is 33.4. The molecule has 1 unspecified atom stereocenters. The SMILES string of the molecule is CN(C(=O)N1CCC(Nc2cccc3c(S(=O)(=O)N4CCOC(COc5ccccc5)C4)c(C(=O)NCl)[nH]c23)CC1)C1CCCCC1. The van der Waals surface area contributed by atoms with Crippen molar-refractivity contribution in [1.82, 2.24) is 23.9 Å². The number of nitrogens with one attached hydrogen (secondary N) is 3. The number of urea groups is 1. The van der Waals surface area contributed by atoms with Gasteiger partial charge in [-0.05, 0) is 43.9 Å². The van der Waals surface area contributed by atoms with Crippen LogP contribution in [0.2, 0.25) is 0 Å². The van der Waals surface area contributed by atoms with Crippen molar-refractivity contribution in [3.05, 3.63) is 54.2 Å². The number of amides is 3. The van der Waals surface area contributed by atoms with Crippen molar-refractivity contribution < 1.29 is 27.5 Å². The van der Waals surface area contributed by atoms with Crippen LogP contribution in [0.25, 0.3) is 10.9 Å². The Labute approximate surface area is 280 Å². The summed E-state index contributed by atoms with van der Waals surface area (Å²) in [6, 6.07) is 15.0. The number of likely N-dealkylation sites (tertiary alicyclic amines) is 1. The van der Waals surface area contributed by atoms with Gasteiger partial charge in [0.25, 0.3) is 5.91 Å². The molecule has 3 heterocycles. The summed E-state index contributed by atoms with van der Waals surface area (Å²) >= 11 is 5.74. The number of carbonyl (C=O) groups excluding carboxylic acids is 2. The zero-order valence-electron chi connectivity index (χ0n) is 26.6. The average molecular weight is 687 g/mol. The number of piperidine rings is 1. The second-order valence-corrected chi connectivity index (χ2v) is 14.6. The first-order chi connectivity index (χ1) is 22.8. The van der Waals surface area contributed by atoms with E-state index in [1.807, 2.05) is 53.2 Å². The van der Waals surface area contributed by atoms with Gasteiger partial charge in [0.1, 0.15) is 29.0 Å². The number of nitrogens with zero attached hydrogens (tertiary/aromatic N) is 3. The second-order valence-electron chi connectivity index (χ2n) is 12.6. The molecule has 254 valence electrons. The van der Waals surface area contributed by atoms with Crippen LogP contribution in [0, 0.1) is 0 Å². The Balaban J connectivity index is 1.17. The first-order valence-electron chi connectivity index (χ1n) is 16.4. The number of para-hydroxylation sites is 2. The van der Waals surface area contributed by atoms with E-state index < -0.39 is 22.0 Å². The number of hydrogen-bond donors (Lipinski definition) is 3. The number of aromatic amines is 1. The van der Waals surface area contributed by atoms with Gasteiger partial charge in [-0.2, -0.15) is 4.31 Å². The average Bonchev–Trinajstić information content (AvgIpc) is 3.53. The molecular formula is C33H43ClN6O6S. The molecule has 1 atom stereocenters. The molecule has 1 aromatic heterocycles. The van der Waals surface area contributed by atoms with Crippen LogP contribution in [-0.4, -0.2) is 104 Å². The van der Waals surface area contributed by atoms with Crippen molar-refractivity contribution in [2.24, 2.45) is 0 Å². The van der Waals surface area contributed by atoms with Gasteiger partial charge in [0.2, 0.25) is 10.0 Å². The fraction of sp³-hybridized carbons (Fsp3) is 0.515. The quantitative estimate of drug-likeness (QED) is 0.276. The summed E-state index contributed by atoms with van der Waals surface area (Å²) < 4.78 is 41.4. The molecule has 12 nitrogen and oxygen atoms in total. The summed E-state index contributed by atoms with van der Waals surface area (Å²) in [5, 5.41) is 3.94. The molecule has 1 saturated carbocycles. The van der Waals surface area contributed by atoms with Gasteiger partial charge in [0, 0.05) is 62.5 Å². The fourth-order valence-electron chi connectivity index (χ4n) is 6.92. The highest BCUT2D eigenvalue weighted by molar-refractivity contribution is 7.89. The molecule has 14 heteroatoms. The van der Waals surface area contributed by atoms with Gasteiger partial charge >= 0.3 is 6.03 Å². The zero-order chi connectivity index (χ0) is 33.0. The maximum atomic E-state index is 14.2. The number of fused-ring (bicyclic) bond motifs is 1. The highest BCUT2D eigenvalue weighted by atomic mass is 35.5. The molecule has 0 spiro atoms. The number of sulfonamides is 1. The Morgan fingerprint density at radius 2 is 1.77 bits per heavy atom. The van der Waals surface area contributed by atoms with Crippen molar-refractivity contribution in [2.45, 2.75) is 68.0 Å². The molecule has 3 N–H and O–H groups in total. The van der Waals surface area contributed by atoms with Crippen LogP contribution in [0.4, 0.5) is 10.5 Å². The van der Waals surface area contributed by atoms with E-state index in [1.165, 1.54) is 23.6 Å². The number of hydrogen-bond acceptors (Lipinski definition) is 7. The summed E-state index contributed by atoms with van der Waals surface area (Å²) in [4.78, 5) is 35.0. The molecule has 0 bridgehead atoms. The van der Waals surface area contributed by atoms with Crippen molar-refractivity contribution in [3.8, 4) is 5.75 Å². The van der Waals surface area contributed by atoms with E-state index in [4.69, 9.17) is 21.3 Å². The lowest BCUT2D eigenvalue weighted by atomic mass is 9.94. The lowest BCUT2D eigenvalue weighted by molar-refractivity contribution is -0.0249. The van der Waals surface area contributed by atoms with Crippen LogP contribution in [0.3, 0.4) is 0 Å². The molecule has 3 aliphatic rings. The van der Waals surface area contributed by atoms with Crippen molar-refractivity contribution in [2.75, 3.05) is 51.8 Å². The predicted molar refractivity (Wildman–Crippen MR) is 180 cm³/mol. The normalized spacial score (nSPS) is 20.2. The minimum absolute atomic E-state index is 0.0583. The van der Waals surface area contributed by atoms with E-state index in [9.17, 15) is 18.0 Å². The number of carbonyl (C=O) groups is 2. The van der Waals surface area contributed by atoms with Gasteiger partial charge < -0.3 is 29.6 Å². The summed E-state index contributed by atoms with van der Waals surface area (Å²) in [6.45, 7) is 1.80. The summed E-state index contributed by atoms with van der Waals surface area (Å²) in [5.41, 5.74) is 1.03. The van der Waals surface area contributed by atoms with Crippen LogP contribution in [-0.2, 0) is 14.8 Å². The number of morpholine rings is 1. The molecule has 47 heavy (non-hydrogen) atoms. The Bertz CT molecular complexity index is 1660. The van der Waals surface area contributed by atoms with Crippen LogP contribution < -0.4 is 14.9 Å². The van der Waals surface area contributed by atoms with Gasteiger partial charge in [-0.25, -0.2) is 13.2 Å². The van der Waals surface area contributed by atoms with Crippen molar-refractivity contribution in [3.63, 3.8) is 0 Å². The largest absolute Gasteiger partial charge is 0.491 e. The third-order valence-corrected chi connectivity index (χ3v) is 11.6. The standard InChI is InChI=1S/C33H43ClN6O6S/c1-38(24-9-4-2-5-10-24)33(42)39-17-15-23(16-18-39)35-28-14-8-13-27-29(28)36-30(32(41)37-34)31(27)47(43,44)40-19-20-45-26(21-40)22-46-25-11-6-3-7-12-25/h3,6-8,11-14,23-24,26,35-36H,2,4-5,9-10,15-22H2,1H3,(H,37,41). The molecule has 2 aromatic carbocycles. The number of benzene rings is 2. The molecule has 3 aromatic rings. The lowest BCUT2D eigenvalue weighted by Crippen LogP contribution is -2.50. The van der Waals surface area contributed by atoms with Crippen molar-refractivity contribution in [1.29, 1.82) is 0 Å². The van der Waals surface area contributed by atoms with Gasteiger partial charge in [0.05, 0.1) is 17.8 Å². The van der Waals surface area contributed by atoms with Crippen LogP contribution in [0.5, 0.6) is 5.75 Å². The van der Waals surface area contributed by atoms with Crippen molar-refractivity contribution >= 4 is 50.3 Å². The topological polar surface area (TPSA) is 136 Å². The van der Waals surface area contributed by atoms with Crippen LogP contribution in [0.1, 0.15) is 55.4 Å². The third-order valence-electron chi connectivity index (χ3n) is 9.53. The number of halogens is 1. The van der Waals surface area contributed by atoms with Crippen LogP contribution in [0.15, 0.2) is 53.4 Å². The number of ether oxygens (including phenoxy) is 2. The van der Waals surface area contributed by atoms with Gasteiger partial charge in [-0.3, -0.25) is 9.63 Å². The molecule has 6 rings (SSSR count). The Morgan fingerprint density at radius 3 is 2.49 bits per heavy atom. The Hall–Kier alpha value is -3.52. The van der Waals surface area contributed by atoms with E-state index in [2.05, 4.69) is 15.1 Å². The number of H-pyrrole nitrogens is 1. The smallest absolute Gasteiger partial charge is 0.319 e. The first-order valence-corrected chi connectivity index (χ1v) is 18.2. The molecule has 1 aliphatic carbocycles. The van der Waals surface area contributed by atoms with E-state index >= 15 is 0 Å². The maximum absolute atomic E-state index is 14.2. The van der Waals surface area contributed by atoms with Gasteiger partial charge in [0.15, 0.2) is 0 Å². The number of aromatic nitrogens is 1. The van der Waals surface area contributed by atoms with E-state index in [-0.39, 0.29) is 49.0 Å². The third kappa shape index (κ3) is 7.33. The zero-order valence-corrected chi connectivity index (χ0v) is 28.2. The monoisotopic (exact) mass is 686 g/mol. The molecule has 3 amide bonds. The van der Waals surface area contributed by atoms with Crippen LogP contribution >= 0.6 is 11.8 Å². The highest BCUT2D eigenvalue weighted by Gasteiger charge is 2.37. The second kappa shape index (κ2) is 14.7. The fourth-order valence-corrected chi connectivity index (χ4v) is 8.80. The van der Waals surface area contributed by atoms with E-state index in [1.54, 1.807) is 12.1 Å². The Kier molecular flexibility index (Phi) is 10.5. The minimum atomic E-state index is -4.16. The van der Waals surface area contributed by atoms with E-state index in [0.717, 1.165) is 25.7 Å². The minimum Gasteiger partial charge on any atom is -0.491 e. The Morgan fingerprint density at radius 1 is 1.02 bits per heavy atom. The molecule has 3 fully saturated rings. The molecule has 2 saturated heterocycles. The molecule has 0 radical (unpaired) electrons. The molecule has 2 aliphatic heterocycles. The number of anilines is 1. The maximum Gasteiger partial charge on any atom is 0.319 e. The summed E-state index contributed by atoms with van der Waals surface area (Å²) in [7, 11) is -2.24. The highest BCUT2D eigenvalue weighted by Crippen LogP contribution is 2.35. The lowest BCUT2D eigenvalue weighted by Gasteiger charge is -2.38. The summed E-state index contributed by atoms with van der Waals surface area (Å²) in [5.74, 6) is -0.0867. The number of rotatable bonds is 9. The predicted octanol–water partition coefficient (Wildman–Crippen LogP) is 4.78. The molecular weight excluding hydrogens is 644 g/mol. The van der Waals surface area contributed by atoms with Gasteiger partial charge in [-0.1, -0.05) is 49.6 Å². The van der Waals surface area contributed by atoms with E-state index in [0.29, 0.717) is 41.5 Å².